The normalized spacial score (nSPS) is 10.5. The van der Waals surface area contributed by atoms with Crippen molar-refractivity contribution < 1.29 is 14.3 Å². The van der Waals surface area contributed by atoms with E-state index in [0.717, 1.165) is 22.4 Å². The highest BCUT2D eigenvalue weighted by Gasteiger charge is 2.11. The Morgan fingerprint density at radius 2 is 1.64 bits per heavy atom. The maximum absolute atomic E-state index is 12.3. The molecule has 0 spiro atoms. The fraction of sp³-hybridized carbons (Fsp3) is 0.120. The Bertz CT molecular complexity index is 1230. The lowest BCUT2D eigenvalue weighted by molar-refractivity contribution is -0.147. The first-order valence-corrected chi connectivity index (χ1v) is 10.3. The number of nitrogens with zero attached hydrogens (tertiary/aromatic N) is 3. The lowest BCUT2D eigenvalue weighted by Crippen LogP contribution is -2.16. The van der Waals surface area contributed by atoms with Gasteiger partial charge in [0.25, 0.3) is 0 Å². The molecule has 0 aliphatic heterocycles. The van der Waals surface area contributed by atoms with Crippen LogP contribution in [0.2, 0.25) is 0 Å². The predicted octanol–water partition coefficient (Wildman–Crippen LogP) is 4.30. The molecule has 0 bridgehead atoms. The summed E-state index contributed by atoms with van der Waals surface area (Å²) in [5.41, 5.74) is 9.61. The number of rotatable bonds is 8. The first-order chi connectivity index (χ1) is 16.1. The number of aryl methyl sites for hydroxylation is 1. The van der Waals surface area contributed by atoms with E-state index in [2.05, 4.69) is 20.3 Å². The van der Waals surface area contributed by atoms with E-state index in [-0.39, 0.29) is 30.9 Å². The van der Waals surface area contributed by atoms with Crippen molar-refractivity contribution in [2.24, 2.45) is 0 Å². The number of para-hydroxylation sites is 1. The zero-order chi connectivity index (χ0) is 23.0. The average molecular weight is 441 g/mol. The number of hydrogen-bond donors (Lipinski definition) is 2. The molecule has 1 heterocycles. The van der Waals surface area contributed by atoms with Gasteiger partial charge in [0.05, 0.1) is 0 Å². The van der Waals surface area contributed by atoms with Crippen LogP contribution in [-0.2, 0) is 16.1 Å². The maximum Gasteiger partial charge on any atom is 0.344 e. The molecule has 0 unspecified atom stereocenters. The van der Waals surface area contributed by atoms with Gasteiger partial charge in [-0.1, -0.05) is 66.2 Å². The molecule has 0 atom stereocenters. The van der Waals surface area contributed by atoms with Gasteiger partial charge in [0.15, 0.2) is 19.0 Å². The molecule has 33 heavy (non-hydrogen) atoms. The van der Waals surface area contributed by atoms with Crippen molar-refractivity contribution in [1.82, 2.24) is 15.0 Å². The van der Waals surface area contributed by atoms with E-state index < -0.39 is 5.97 Å². The summed E-state index contributed by atoms with van der Waals surface area (Å²) in [7, 11) is 0. The summed E-state index contributed by atoms with van der Waals surface area (Å²) in [4.78, 5) is 24.6. The van der Waals surface area contributed by atoms with Gasteiger partial charge in [-0.05, 0) is 30.7 Å². The number of esters is 1. The highest BCUT2D eigenvalue weighted by molar-refractivity contribution is 5.73. The molecular weight excluding hydrogens is 418 g/mol. The molecule has 1 aromatic heterocycles. The topological polar surface area (TPSA) is 112 Å². The number of carbonyl (C=O) groups is 1. The quantitative estimate of drug-likeness (QED) is 0.389. The van der Waals surface area contributed by atoms with Gasteiger partial charge in [-0.15, -0.1) is 0 Å². The summed E-state index contributed by atoms with van der Waals surface area (Å²) in [5.74, 6) is 0.568. The number of anilines is 3. The van der Waals surface area contributed by atoms with Crippen molar-refractivity contribution in [3.05, 3.63) is 90.3 Å². The first-order valence-electron chi connectivity index (χ1n) is 10.3. The summed E-state index contributed by atoms with van der Waals surface area (Å²) in [6.07, 6.45) is 0. The van der Waals surface area contributed by atoms with Crippen molar-refractivity contribution in [3.63, 3.8) is 0 Å². The number of carbonyl (C=O) groups excluding carboxylic acids is 1. The number of hydrogen-bond acceptors (Lipinski definition) is 8. The molecule has 0 saturated heterocycles. The van der Waals surface area contributed by atoms with Crippen LogP contribution in [0.1, 0.15) is 11.4 Å². The SMILES string of the molecule is Cc1ccc(Nc2nc(N)nc(COC(=O)COc3ccccc3-c3ccccc3)n2)cc1. The van der Waals surface area contributed by atoms with Gasteiger partial charge in [-0.2, -0.15) is 15.0 Å². The summed E-state index contributed by atoms with van der Waals surface area (Å²) in [6.45, 7) is 1.60. The Hall–Kier alpha value is -4.46. The number of aromatic nitrogens is 3. The number of nitrogen functional groups attached to an aromatic ring is 1. The fourth-order valence-electron chi connectivity index (χ4n) is 3.10. The van der Waals surface area contributed by atoms with Crippen molar-refractivity contribution in [3.8, 4) is 16.9 Å². The van der Waals surface area contributed by atoms with Gasteiger partial charge >= 0.3 is 5.97 Å². The van der Waals surface area contributed by atoms with Crippen LogP contribution in [0.15, 0.2) is 78.9 Å². The molecule has 0 aliphatic rings. The number of nitrogens with one attached hydrogen (secondary N) is 1. The van der Waals surface area contributed by atoms with Gasteiger partial charge in [-0.25, -0.2) is 4.79 Å². The number of ether oxygens (including phenoxy) is 2. The zero-order valence-corrected chi connectivity index (χ0v) is 18.1. The van der Waals surface area contributed by atoms with Gasteiger partial charge in [0.1, 0.15) is 5.75 Å². The van der Waals surface area contributed by atoms with E-state index in [1.165, 1.54) is 0 Å². The summed E-state index contributed by atoms with van der Waals surface area (Å²) < 4.78 is 11.0. The predicted molar refractivity (Wildman–Crippen MR) is 126 cm³/mol. The minimum Gasteiger partial charge on any atom is -0.481 e. The van der Waals surface area contributed by atoms with Crippen molar-refractivity contribution in [2.45, 2.75) is 13.5 Å². The van der Waals surface area contributed by atoms with Gasteiger partial charge in [-0.3, -0.25) is 0 Å². The first kappa shape index (κ1) is 21.8. The molecule has 8 heteroatoms. The number of nitrogens with two attached hydrogens (primary N) is 1. The molecule has 3 N–H and O–H groups in total. The summed E-state index contributed by atoms with van der Waals surface area (Å²) in [6, 6.07) is 25.0. The average Bonchev–Trinajstić information content (AvgIpc) is 2.83. The Morgan fingerprint density at radius 1 is 0.909 bits per heavy atom. The Kier molecular flexibility index (Phi) is 6.75. The molecule has 0 saturated carbocycles. The molecule has 4 rings (SSSR count). The second-order valence-electron chi connectivity index (χ2n) is 7.24. The Labute approximate surface area is 191 Å². The highest BCUT2D eigenvalue weighted by Crippen LogP contribution is 2.29. The Balaban J connectivity index is 1.35. The van der Waals surface area contributed by atoms with Crippen LogP contribution in [0.3, 0.4) is 0 Å². The van der Waals surface area contributed by atoms with E-state index in [1.54, 1.807) is 0 Å². The van der Waals surface area contributed by atoms with E-state index in [1.807, 2.05) is 85.8 Å². The smallest absolute Gasteiger partial charge is 0.344 e. The van der Waals surface area contributed by atoms with E-state index in [9.17, 15) is 4.79 Å². The molecule has 3 aromatic carbocycles. The van der Waals surface area contributed by atoms with Gasteiger partial charge < -0.3 is 20.5 Å². The minimum atomic E-state index is -0.551. The third-order valence-electron chi connectivity index (χ3n) is 4.69. The van der Waals surface area contributed by atoms with Crippen molar-refractivity contribution >= 4 is 23.6 Å². The van der Waals surface area contributed by atoms with Gasteiger partial charge in [0, 0.05) is 11.3 Å². The van der Waals surface area contributed by atoms with Crippen LogP contribution in [0.25, 0.3) is 11.1 Å². The van der Waals surface area contributed by atoms with Crippen LogP contribution in [-0.4, -0.2) is 27.5 Å². The van der Waals surface area contributed by atoms with Crippen LogP contribution in [0.5, 0.6) is 5.75 Å². The highest BCUT2D eigenvalue weighted by atomic mass is 16.6. The molecule has 0 aliphatic carbocycles. The van der Waals surface area contributed by atoms with E-state index in [0.29, 0.717) is 5.75 Å². The third kappa shape index (κ3) is 6.04. The molecule has 0 radical (unpaired) electrons. The lowest BCUT2D eigenvalue weighted by Gasteiger charge is -2.11. The minimum absolute atomic E-state index is 0.0266. The molecule has 166 valence electrons. The second kappa shape index (κ2) is 10.2. The van der Waals surface area contributed by atoms with Crippen LogP contribution in [0.4, 0.5) is 17.6 Å². The van der Waals surface area contributed by atoms with Crippen molar-refractivity contribution in [1.29, 1.82) is 0 Å². The van der Waals surface area contributed by atoms with E-state index in [4.69, 9.17) is 15.2 Å². The standard InChI is InChI=1S/C25H23N5O3/c1-17-11-13-19(14-12-17)27-25-29-22(28-24(26)30-25)15-33-23(31)16-32-21-10-6-5-9-20(21)18-7-3-2-4-8-18/h2-14H,15-16H2,1H3,(H3,26,27,28,29,30). The number of benzene rings is 3. The molecule has 8 nitrogen and oxygen atoms in total. The zero-order valence-electron chi connectivity index (χ0n) is 18.1. The van der Waals surface area contributed by atoms with Crippen LogP contribution >= 0.6 is 0 Å². The monoisotopic (exact) mass is 441 g/mol. The van der Waals surface area contributed by atoms with Gasteiger partial charge in [0.2, 0.25) is 11.9 Å². The second-order valence-corrected chi connectivity index (χ2v) is 7.24. The third-order valence-corrected chi connectivity index (χ3v) is 4.69. The van der Waals surface area contributed by atoms with Crippen LogP contribution in [0, 0.1) is 6.92 Å². The fourth-order valence-corrected chi connectivity index (χ4v) is 3.10. The maximum atomic E-state index is 12.3. The summed E-state index contributed by atoms with van der Waals surface area (Å²) >= 11 is 0. The summed E-state index contributed by atoms with van der Waals surface area (Å²) in [5, 5.41) is 3.06. The van der Waals surface area contributed by atoms with Crippen LogP contribution < -0.4 is 15.8 Å². The molecule has 0 amide bonds. The van der Waals surface area contributed by atoms with E-state index >= 15 is 0 Å². The molecule has 0 fully saturated rings. The van der Waals surface area contributed by atoms with Crippen molar-refractivity contribution in [2.75, 3.05) is 17.7 Å². The largest absolute Gasteiger partial charge is 0.481 e. The molecular formula is C25H23N5O3. The Morgan fingerprint density at radius 3 is 2.42 bits per heavy atom. The molecule has 4 aromatic rings. The lowest BCUT2D eigenvalue weighted by atomic mass is 10.1.